The Labute approximate surface area is 290 Å². The van der Waals surface area contributed by atoms with E-state index in [1.54, 1.807) is 0 Å². The molecule has 10 aromatic rings. The van der Waals surface area contributed by atoms with Crippen LogP contribution in [0.5, 0.6) is 0 Å². The highest BCUT2D eigenvalue weighted by atomic mass is 15.1. The number of anilines is 3. The van der Waals surface area contributed by atoms with Crippen molar-refractivity contribution in [3.8, 4) is 16.8 Å². The van der Waals surface area contributed by atoms with Crippen LogP contribution < -0.4 is 4.90 Å². The number of hydrogen-bond donors (Lipinski definition) is 0. The molecule has 0 aliphatic heterocycles. The summed E-state index contributed by atoms with van der Waals surface area (Å²) in [5.41, 5.74) is 9.26. The van der Waals surface area contributed by atoms with Gasteiger partial charge in [-0.15, -0.1) is 0 Å². The van der Waals surface area contributed by atoms with Crippen molar-refractivity contribution in [1.29, 1.82) is 0 Å². The van der Waals surface area contributed by atoms with Gasteiger partial charge in [-0.05, 0) is 75.0 Å². The molecule has 10 rings (SSSR count). The number of fused-ring (bicyclic) bond motifs is 8. The van der Waals surface area contributed by atoms with E-state index in [1.807, 2.05) is 0 Å². The first-order valence-electron chi connectivity index (χ1n) is 17.2. The Morgan fingerprint density at radius 2 is 0.940 bits per heavy atom. The second kappa shape index (κ2) is 11.5. The van der Waals surface area contributed by atoms with Crippen LogP contribution in [0.2, 0.25) is 0 Å². The number of para-hydroxylation sites is 3. The number of aromatic nitrogens is 1. The summed E-state index contributed by atoms with van der Waals surface area (Å²) in [5, 5.41) is 9.95. The van der Waals surface area contributed by atoms with E-state index in [0.29, 0.717) is 0 Å². The molecule has 1 aromatic heterocycles. The van der Waals surface area contributed by atoms with Gasteiger partial charge in [0.1, 0.15) is 0 Å². The minimum atomic E-state index is 1.10. The third kappa shape index (κ3) is 4.43. The van der Waals surface area contributed by atoms with Crippen molar-refractivity contribution in [1.82, 2.24) is 4.57 Å². The van der Waals surface area contributed by atoms with Crippen molar-refractivity contribution >= 4 is 71.2 Å². The summed E-state index contributed by atoms with van der Waals surface area (Å²) in [6.45, 7) is 0. The first-order valence-corrected chi connectivity index (χ1v) is 17.2. The molecule has 0 aliphatic carbocycles. The topological polar surface area (TPSA) is 8.17 Å². The lowest BCUT2D eigenvalue weighted by Crippen LogP contribution is -2.12. The summed E-state index contributed by atoms with van der Waals surface area (Å²) in [7, 11) is 0. The Morgan fingerprint density at radius 3 is 1.78 bits per heavy atom. The second-order valence-electron chi connectivity index (χ2n) is 12.9. The minimum Gasteiger partial charge on any atom is -0.309 e. The Kier molecular flexibility index (Phi) is 6.53. The molecule has 2 heteroatoms. The summed E-state index contributed by atoms with van der Waals surface area (Å²) in [6, 6.07) is 70.6. The normalized spacial score (nSPS) is 11.6. The van der Waals surface area contributed by atoms with E-state index in [-0.39, 0.29) is 0 Å². The van der Waals surface area contributed by atoms with Crippen molar-refractivity contribution in [2.24, 2.45) is 0 Å². The largest absolute Gasteiger partial charge is 0.309 e. The summed E-state index contributed by atoms with van der Waals surface area (Å²) >= 11 is 0. The van der Waals surface area contributed by atoms with E-state index in [4.69, 9.17) is 0 Å². The van der Waals surface area contributed by atoms with E-state index in [9.17, 15) is 0 Å². The molecule has 0 fully saturated rings. The maximum absolute atomic E-state index is 2.48. The molecule has 9 aromatic carbocycles. The fourth-order valence-corrected chi connectivity index (χ4v) is 7.92. The standard InChI is InChI=1S/C48H32N2/c1-3-15-33(16-4-1)38-21-11-13-25-45(38)50(48-32-44-37-20-8-7-17-34(37)27-29-40(44)39-22-9-10-23-41(39)48)36-28-30-43-42-24-12-14-26-46(42)49(47(43)31-36)35-18-5-2-6-19-35/h1-32H. The molecule has 0 saturated carbocycles. The van der Waals surface area contributed by atoms with Crippen LogP contribution in [0.25, 0.3) is 70.9 Å². The SMILES string of the molecule is c1ccc(-c2ccccc2N(c2ccc3c4ccccc4n(-c4ccccc4)c3c2)c2cc3c4ccccc4ccc3c3ccccc23)cc1. The third-order valence-corrected chi connectivity index (χ3v) is 10.1. The maximum Gasteiger partial charge on any atom is 0.0561 e. The smallest absolute Gasteiger partial charge is 0.0561 e. The fourth-order valence-electron chi connectivity index (χ4n) is 7.92. The van der Waals surface area contributed by atoms with E-state index >= 15 is 0 Å². The van der Waals surface area contributed by atoms with Crippen molar-refractivity contribution in [3.05, 3.63) is 194 Å². The molecule has 0 unspecified atom stereocenters. The number of hydrogen-bond acceptors (Lipinski definition) is 1. The maximum atomic E-state index is 2.48. The molecule has 0 bridgehead atoms. The molecule has 0 N–H and O–H groups in total. The monoisotopic (exact) mass is 636 g/mol. The van der Waals surface area contributed by atoms with Gasteiger partial charge in [0.25, 0.3) is 0 Å². The van der Waals surface area contributed by atoms with Crippen LogP contribution in [0, 0.1) is 0 Å². The molecule has 50 heavy (non-hydrogen) atoms. The molecule has 234 valence electrons. The van der Waals surface area contributed by atoms with Crippen LogP contribution in [0.1, 0.15) is 0 Å². The van der Waals surface area contributed by atoms with Crippen molar-refractivity contribution in [2.45, 2.75) is 0 Å². The number of nitrogens with zero attached hydrogens (tertiary/aromatic N) is 2. The summed E-state index contributed by atoms with van der Waals surface area (Å²) in [5.74, 6) is 0. The Morgan fingerprint density at radius 1 is 0.340 bits per heavy atom. The quantitative estimate of drug-likeness (QED) is 0.171. The molecule has 0 aliphatic rings. The van der Waals surface area contributed by atoms with Gasteiger partial charge in [-0.1, -0.05) is 152 Å². The van der Waals surface area contributed by atoms with Gasteiger partial charge in [-0.2, -0.15) is 0 Å². The molecule has 0 saturated heterocycles. The van der Waals surface area contributed by atoms with E-state index in [0.717, 1.165) is 22.7 Å². The average molecular weight is 637 g/mol. The lowest BCUT2D eigenvalue weighted by molar-refractivity contribution is 1.18. The average Bonchev–Trinajstić information content (AvgIpc) is 3.52. The summed E-state index contributed by atoms with van der Waals surface area (Å²) < 4.78 is 2.40. The molecular weight excluding hydrogens is 605 g/mol. The number of benzene rings is 9. The summed E-state index contributed by atoms with van der Waals surface area (Å²) in [4.78, 5) is 2.48. The Hall–Kier alpha value is -6.64. The highest BCUT2D eigenvalue weighted by molar-refractivity contribution is 6.22. The third-order valence-electron chi connectivity index (χ3n) is 10.1. The van der Waals surface area contributed by atoms with Crippen LogP contribution in [0.15, 0.2) is 194 Å². The van der Waals surface area contributed by atoms with Crippen LogP contribution in [-0.4, -0.2) is 4.57 Å². The minimum absolute atomic E-state index is 1.10. The van der Waals surface area contributed by atoms with Crippen LogP contribution in [0.3, 0.4) is 0 Å². The first kappa shape index (κ1) is 28.4. The van der Waals surface area contributed by atoms with E-state index < -0.39 is 0 Å². The van der Waals surface area contributed by atoms with Gasteiger partial charge in [-0.25, -0.2) is 0 Å². The first-order chi connectivity index (χ1) is 24.8. The van der Waals surface area contributed by atoms with E-state index in [1.165, 1.54) is 65.3 Å². The molecule has 0 spiro atoms. The van der Waals surface area contributed by atoms with Crippen LogP contribution in [0.4, 0.5) is 17.1 Å². The molecule has 1 heterocycles. The molecular formula is C48H32N2. The van der Waals surface area contributed by atoms with Crippen LogP contribution >= 0.6 is 0 Å². The molecule has 2 nitrogen and oxygen atoms in total. The zero-order chi connectivity index (χ0) is 33.0. The number of rotatable bonds is 5. The lowest BCUT2D eigenvalue weighted by Gasteiger charge is -2.30. The predicted octanol–water partition coefficient (Wildman–Crippen LogP) is 13.4. The fraction of sp³-hybridized carbons (Fsp3) is 0. The molecule has 0 amide bonds. The lowest BCUT2D eigenvalue weighted by atomic mass is 9.94. The van der Waals surface area contributed by atoms with Gasteiger partial charge in [-0.3, -0.25) is 0 Å². The zero-order valence-corrected chi connectivity index (χ0v) is 27.4. The van der Waals surface area contributed by atoms with Gasteiger partial charge >= 0.3 is 0 Å². The van der Waals surface area contributed by atoms with Crippen LogP contribution in [-0.2, 0) is 0 Å². The molecule has 0 radical (unpaired) electrons. The molecule has 0 atom stereocenters. The van der Waals surface area contributed by atoms with Gasteiger partial charge in [0.2, 0.25) is 0 Å². The predicted molar refractivity (Wildman–Crippen MR) is 213 cm³/mol. The van der Waals surface area contributed by atoms with Gasteiger partial charge < -0.3 is 9.47 Å². The Balaban J connectivity index is 1.34. The summed E-state index contributed by atoms with van der Waals surface area (Å²) in [6.07, 6.45) is 0. The van der Waals surface area contributed by atoms with E-state index in [2.05, 4.69) is 204 Å². The van der Waals surface area contributed by atoms with Gasteiger partial charge in [0.15, 0.2) is 0 Å². The second-order valence-corrected chi connectivity index (χ2v) is 12.9. The van der Waals surface area contributed by atoms with Crippen molar-refractivity contribution in [2.75, 3.05) is 4.90 Å². The van der Waals surface area contributed by atoms with Gasteiger partial charge in [0, 0.05) is 33.1 Å². The highest BCUT2D eigenvalue weighted by Gasteiger charge is 2.22. The zero-order valence-electron chi connectivity index (χ0n) is 27.4. The highest BCUT2D eigenvalue weighted by Crippen LogP contribution is 2.47. The van der Waals surface area contributed by atoms with Gasteiger partial charge in [0.05, 0.1) is 22.4 Å². The Bertz CT molecular complexity index is 2870. The van der Waals surface area contributed by atoms with Crippen molar-refractivity contribution in [3.63, 3.8) is 0 Å². The van der Waals surface area contributed by atoms with Crippen molar-refractivity contribution < 1.29 is 0 Å².